The van der Waals surface area contributed by atoms with E-state index in [4.69, 9.17) is 11.6 Å². The molecule has 1 fully saturated rings. The van der Waals surface area contributed by atoms with Crippen LogP contribution in [0.2, 0.25) is 5.02 Å². The second-order valence-corrected chi connectivity index (χ2v) is 9.14. The lowest BCUT2D eigenvalue weighted by molar-refractivity contribution is -0.138. The Balaban J connectivity index is 1.43. The van der Waals surface area contributed by atoms with Crippen molar-refractivity contribution in [2.24, 2.45) is 0 Å². The number of anilines is 2. The lowest BCUT2D eigenvalue weighted by atomic mass is 9.91. The highest BCUT2D eigenvalue weighted by Crippen LogP contribution is 2.35. The van der Waals surface area contributed by atoms with Crippen molar-refractivity contribution in [2.75, 3.05) is 24.3 Å². The van der Waals surface area contributed by atoms with Crippen LogP contribution in [0.3, 0.4) is 0 Å². The summed E-state index contributed by atoms with van der Waals surface area (Å²) < 4.78 is 54.3. The van der Waals surface area contributed by atoms with E-state index in [9.17, 15) is 22.4 Å². The summed E-state index contributed by atoms with van der Waals surface area (Å²) in [7, 11) is 3.80. The third kappa shape index (κ3) is 5.42. The number of carbonyl (C=O) groups excluding carboxylic acids is 1. The highest BCUT2D eigenvalue weighted by atomic mass is 35.5. The molecule has 0 bridgehead atoms. The lowest BCUT2D eigenvalue weighted by Gasteiger charge is -2.30. The SMILES string of the molecule is CN(C)c1nc(N[C@H]2CC[C@@H](NC(=O)c3c(C(F)(F)F)ccc(Cl)c3F)CC2)nc2ccccc12. The van der Waals surface area contributed by atoms with Crippen LogP contribution in [0.25, 0.3) is 10.9 Å². The minimum absolute atomic E-state index is 0.0213. The summed E-state index contributed by atoms with van der Waals surface area (Å²) in [5, 5.41) is 6.27. The van der Waals surface area contributed by atoms with E-state index in [2.05, 4.69) is 20.6 Å². The molecule has 1 aromatic heterocycles. The molecule has 1 heterocycles. The van der Waals surface area contributed by atoms with Gasteiger partial charge in [-0.3, -0.25) is 4.79 Å². The molecule has 4 rings (SSSR count). The molecule has 0 atom stereocenters. The number of hydrogen-bond acceptors (Lipinski definition) is 5. The van der Waals surface area contributed by atoms with Crippen LogP contribution in [0, 0.1) is 5.82 Å². The van der Waals surface area contributed by atoms with E-state index in [1.165, 1.54) is 0 Å². The molecule has 1 amide bonds. The van der Waals surface area contributed by atoms with Crippen LogP contribution in [-0.4, -0.2) is 42.1 Å². The molecule has 11 heteroatoms. The van der Waals surface area contributed by atoms with Crippen LogP contribution in [0.1, 0.15) is 41.6 Å². The van der Waals surface area contributed by atoms with Gasteiger partial charge in [0.15, 0.2) is 5.82 Å². The topological polar surface area (TPSA) is 70.2 Å². The number of fused-ring (bicyclic) bond motifs is 1. The highest BCUT2D eigenvalue weighted by Gasteiger charge is 2.38. The van der Waals surface area contributed by atoms with Crippen molar-refractivity contribution in [3.8, 4) is 0 Å². The molecule has 1 aliphatic rings. The molecular formula is C24H24ClF4N5O. The van der Waals surface area contributed by atoms with Gasteiger partial charge in [-0.25, -0.2) is 9.37 Å². The zero-order valence-corrected chi connectivity index (χ0v) is 19.8. The largest absolute Gasteiger partial charge is 0.417 e. The van der Waals surface area contributed by atoms with Gasteiger partial charge in [0.05, 0.1) is 21.7 Å². The molecule has 2 N–H and O–H groups in total. The van der Waals surface area contributed by atoms with Crippen molar-refractivity contribution in [3.63, 3.8) is 0 Å². The van der Waals surface area contributed by atoms with Crippen LogP contribution in [0.4, 0.5) is 29.3 Å². The monoisotopic (exact) mass is 509 g/mol. The molecule has 186 valence electrons. The first-order valence-electron chi connectivity index (χ1n) is 11.1. The van der Waals surface area contributed by atoms with Gasteiger partial charge >= 0.3 is 6.18 Å². The number of para-hydroxylation sites is 1. The molecule has 35 heavy (non-hydrogen) atoms. The van der Waals surface area contributed by atoms with Crippen molar-refractivity contribution in [1.29, 1.82) is 0 Å². The Kier molecular flexibility index (Phi) is 7.02. The molecule has 0 unspecified atom stereocenters. The Hall–Kier alpha value is -3.14. The molecule has 1 aliphatic carbocycles. The second kappa shape index (κ2) is 9.85. The fourth-order valence-electron chi connectivity index (χ4n) is 4.30. The standard InChI is InChI=1S/C24H24ClF4N5O/c1-34(2)21-15-5-3-4-6-18(15)32-23(33-21)31-14-9-7-13(8-10-14)30-22(35)19-16(24(27,28)29)11-12-17(25)20(19)26/h3-6,11-14H,7-10H2,1-2H3,(H,30,35)(H,31,32,33)/t13-,14+. The van der Waals surface area contributed by atoms with Crippen LogP contribution < -0.4 is 15.5 Å². The number of halogens is 5. The summed E-state index contributed by atoms with van der Waals surface area (Å²) in [5.41, 5.74) is -1.62. The van der Waals surface area contributed by atoms with Crippen molar-refractivity contribution in [1.82, 2.24) is 15.3 Å². The zero-order valence-electron chi connectivity index (χ0n) is 19.1. The average molecular weight is 510 g/mol. The van der Waals surface area contributed by atoms with Gasteiger partial charge in [0.1, 0.15) is 5.82 Å². The number of hydrogen-bond donors (Lipinski definition) is 2. The maximum absolute atomic E-state index is 14.4. The van der Waals surface area contributed by atoms with Crippen molar-refractivity contribution in [2.45, 2.75) is 43.9 Å². The van der Waals surface area contributed by atoms with Crippen molar-refractivity contribution >= 4 is 40.2 Å². The van der Waals surface area contributed by atoms with E-state index in [0.29, 0.717) is 37.7 Å². The zero-order chi connectivity index (χ0) is 25.3. The number of rotatable bonds is 5. The van der Waals surface area contributed by atoms with Gasteiger partial charge in [0, 0.05) is 31.6 Å². The Labute approximate surface area is 204 Å². The average Bonchev–Trinajstić information content (AvgIpc) is 2.80. The van der Waals surface area contributed by atoms with Gasteiger partial charge < -0.3 is 15.5 Å². The number of nitrogens with one attached hydrogen (secondary N) is 2. The van der Waals surface area contributed by atoms with Crippen molar-refractivity contribution < 1.29 is 22.4 Å². The van der Waals surface area contributed by atoms with E-state index in [1.807, 2.05) is 43.3 Å². The number of alkyl halides is 3. The molecule has 0 saturated heterocycles. The van der Waals surface area contributed by atoms with E-state index >= 15 is 0 Å². The highest BCUT2D eigenvalue weighted by molar-refractivity contribution is 6.31. The lowest BCUT2D eigenvalue weighted by Crippen LogP contribution is -2.41. The van der Waals surface area contributed by atoms with E-state index in [0.717, 1.165) is 22.8 Å². The Bertz CT molecular complexity index is 1240. The van der Waals surface area contributed by atoms with Crippen LogP contribution >= 0.6 is 11.6 Å². The summed E-state index contributed by atoms with van der Waals surface area (Å²) in [6.45, 7) is 0. The molecular weight excluding hydrogens is 486 g/mol. The summed E-state index contributed by atoms with van der Waals surface area (Å²) in [5.74, 6) is -1.24. The predicted octanol–water partition coefficient (Wildman–Crippen LogP) is 5.66. The molecule has 0 aliphatic heterocycles. The quantitative estimate of drug-likeness (QED) is 0.434. The van der Waals surface area contributed by atoms with Gasteiger partial charge in [-0.1, -0.05) is 23.7 Å². The number of benzene rings is 2. The van der Waals surface area contributed by atoms with Crippen LogP contribution in [0.5, 0.6) is 0 Å². The Morgan fingerprint density at radius 2 is 1.69 bits per heavy atom. The van der Waals surface area contributed by atoms with Crippen LogP contribution in [0.15, 0.2) is 36.4 Å². The number of nitrogens with zero attached hydrogens (tertiary/aromatic N) is 3. The van der Waals surface area contributed by atoms with E-state index < -0.39 is 40.1 Å². The van der Waals surface area contributed by atoms with Crippen molar-refractivity contribution in [3.05, 3.63) is 58.4 Å². The molecule has 0 spiro atoms. The predicted molar refractivity (Wildman–Crippen MR) is 127 cm³/mol. The van der Waals surface area contributed by atoms with Crippen LogP contribution in [-0.2, 0) is 6.18 Å². The van der Waals surface area contributed by atoms with Gasteiger partial charge in [0.2, 0.25) is 5.95 Å². The molecule has 6 nitrogen and oxygen atoms in total. The molecule has 3 aromatic rings. The first-order valence-corrected chi connectivity index (χ1v) is 11.5. The van der Waals surface area contributed by atoms with Gasteiger partial charge in [-0.2, -0.15) is 18.2 Å². The van der Waals surface area contributed by atoms with E-state index in [-0.39, 0.29) is 6.04 Å². The Morgan fingerprint density at radius 1 is 1.03 bits per heavy atom. The molecule has 2 aromatic carbocycles. The summed E-state index contributed by atoms with van der Waals surface area (Å²) in [4.78, 5) is 23.7. The van der Waals surface area contributed by atoms with Gasteiger partial charge in [-0.15, -0.1) is 0 Å². The summed E-state index contributed by atoms with van der Waals surface area (Å²) >= 11 is 5.64. The minimum Gasteiger partial charge on any atom is -0.362 e. The molecule has 0 radical (unpaired) electrons. The number of aromatic nitrogens is 2. The third-order valence-electron chi connectivity index (χ3n) is 6.03. The number of carbonyl (C=O) groups is 1. The summed E-state index contributed by atoms with van der Waals surface area (Å²) in [6, 6.07) is 8.73. The first-order chi connectivity index (χ1) is 16.5. The van der Waals surface area contributed by atoms with E-state index in [1.54, 1.807) is 0 Å². The smallest absolute Gasteiger partial charge is 0.362 e. The summed E-state index contributed by atoms with van der Waals surface area (Å²) in [6.07, 6.45) is -2.63. The third-order valence-corrected chi connectivity index (χ3v) is 6.32. The maximum atomic E-state index is 14.4. The van der Waals surface area contributed by atoms with Gasteiger partial charge in [-0.05, 0) is 49.9 Å². The van der Waals surface area contributed by atoms with Gasteiger partial charge in [0.25, 0.3) is 5.91 Å². The Morgan fingerprint density at radius 3 is 2.34 bits per heavy atom. The fourth-order valence-corrected chi connectivity index (χ4v) is 4.45. The second-order valence-electron chi connectivity index (χ2n) is 8.73. The fraction of sp³-hybridized carbons (Fsp3) is 0.375. The number of amides is 1. The normalized spacial score (nSPS) is 18.4. The minimum atomic E-state index is -4.88. The first kappa shape index (κ1) is 25.0. The maximum Gasteiger partial charge on any atom is 0.417 e. The molecule has 1 saturated carbocycles.